The van der Waals surface area contributed by atoms with E-state index in [0.717, 1.165) is 29.9 Å². The molecule has 2 aromatic carbocycles. The zero-order chi connectivity index (χ0) is 19.5. The second kappa shape index (κ2) is 7.90. The van der Waals surface area contributed by atoms with Crippen LogP contribution in [0.25, 0.3) is 11.0 Å². The van der Waals surface area contributed by atoms with Gasteiger partial charge in [-0.2, -0.15) is 0 Å². The monoisotopic (exact) mass is 379 g/mol. The number of nitrogens with zero attached hydrogens (tertiary/aromatic N) is 4. The van der Waals surface area contributed by atoms with Gasteiger partial charge in [0.1, 0.15) is 12.4 Å². The summed E-state index contributed by atoms with van der Waals surface area (Å²) in [6.07, 6.45) is 0. The highest BCUT2D eigenvalue weighted by Gasteiger charge is 2.33. The molecule has 0 atom stereocenters. The fourth-order valence-corrected chi connectivity index (χ4v) is 3.29. The van der Waals surface area contributed by atoms with Crippen molar-refractivity contribution in [3.8, 4) is 5.75 Å². The van der Waals surface area contributed by atoms with Gasteiger partial charge in [0.25, 0.3) is 0 Å². The maximum atomic E-state index is 12.9. The first-order valence-electron chi connectivity index (χ1n) is 9.48. The van der Waals surface area contributed by atoms with Gasteiger partial charge in [-0.25, -0.2) is 14.3 Å². The van der Waals surface area contributed by atoms with Crippen molar-refractivity contribution in [3.05, 3.63) is 54.6 Å². The molecular formula is C21H25N5O2. The van der Waals surface area contributed by atoms with Crippen molar-refractivity contribution in [1.29, 1.82) is 0 Å². The van der Waals surface area contributed by atoms with E-state index in [9.17, 15) is 4.79 Å². The molecule has 0 aliphatic carbocycles. The molecule has 1 saturated heterocycles. The Kier molecular flexibility index (Phi) is 5.16. The van der Waals surface area contributed by atoms with Crippen LogP contribution in [0.4, 0.5) is 10.7 Å². The van der Waals surface area contributed by atoms with Gasteiger partial charge in [-0.1, -0.05) is 30.3 Å². The number of aromatic nitrogens is 2. The molecule has 7 heteroatoms. The molecule has 1 N–H and O–H groups in total. The van der Waals surface area contributed by atoms with Crippen molar-refractivity contribution in [1.82, 2.24) is 19.8 Å². The lowest BCUT2D eigenvalue weighted by atomic mass is 10.1. The van der Waals surface area contributed by atoms with E-state index in [-0.39, 0.29) is 6.03 Å². The number of para-hydroxylation sites is 3. The summed E-state index contributed by atoms with van der Waals surface area (Å²) < 4.78 is 7.33. The van der Waals surface area contributed by atoms with Crippen LogP contribution in [-0.4, -0.2) is 66.9 Å². The molecule has 0 spiro atoms. The van der Waals surface area contributed by atoms with Crippen molar-refractivity contribution in [2.75, 3.05) is 45.2 Å². The Balaban J connectivity index is 1.45. The largest absolute Gasteiger partial charge is 0.492 e. The Morgan fingerprint density at radius 2 is 1.86 bits per heavy atom. The zero-order valence-electron chi connectivity index (χ0n) is 16.2. The number of nitrogens with one attached hydrogen (secondary N) is 1. The highest BCUT2D eigenvalue weighted by Crippen LogP contribution is 2.26. The Labute approximate surface area is 164 Å². The highest BCUT2D eigenvalue weighted by molar-refractivity contribution is 5.93. The summed E-state index contributed by atoms with van der Waals surface area (Å²) in [7, 11) is 4.15. The molecule has 4 rings (SSSR count). The van der Waals surface area contributed by atoms with E-state index in [1.54, 1.807) is 4.57 Å². The summed E-state index contributed by atoms with van der Waals surface area (Å²) in [4.78, 5) is 22.0. The molecular weight excluding hydrogens is 354 g/mol. The Morgan fingerprint density at radius 1 is 1.14 bits per heavy atom. The van der Waals surface area contributed by atoms with Crippen LogP contribution in [0.5, 0.6) is 5.75 Å². The number of benzene rings is 2. The molecule has 0 unspecified atom stereocenters. The number of likely N-dealkylation sites (N-methyl/N-ethyl adjacent to an activating group) is 1. The number of ether oxygens (including phenoxy) is 1. The quantitative estimate of drug-likeness (QED) is 0.667. The van der Waals surface area contributed by atoms with E-state index < -0.39 is 0 Å². The summed E-state index contributed by atoms with van der Waals surface area (Å²) >= 11 is 0. The fraction of sp³-hybridized carbons (Fsp3) is 0.333. The van der Waals surface area contributed by atoms with Crippen LogP contribution < -0.4 is 15.0 Å². The molecule has 0 saturated carbocycles. The van der Waals surface area contributed by atoms with Crippen molar-refractivity contribution in [3.63, 3.8) is 0 Å². The molecule has 1 fully saturated rings. The van der Waals surface area contributed by atoms with Gasteiger partial charge in [-0.3, -0.25) is 0 Å². The molecule has 1 aliphatic rings. The number of rotatable bonds is 6. The number of imidazole rings is 1. The van der Waals surface area contributed by atoms with Gasteiger partial charge < -0.3 is 19.9 Å². The van der Waals surface area contributed by atoms with E-state index in [1.807, 2.05) is 54.6 Å². The molecule has 0 bridgehead atoms. The second-order valence-electron chi connectivity index (χ2n) is 7.15. The highest BCUT2D eigenvalue weighted by atomic mass is 16.5. The van der Waals surface area contributed by atoms with Crippen LogP contribution in [-0.2, 0) is 0 Å². The van der Waals surface area contributed by atoms with Gasteiger partial charge in [0, 0.05) is 19.1 Å². The van der Waals surface area contributed by atoms with Gasteiger partial charge in [0.2, 0.25) is 5.95 Å². The Hall–Kier alpha value is -3.06. The molecule has 1 amide bonds. The molecule has 7 nitrogen and oxygen atoms in total. The van der Waals surface area contributed by atoms with Crippen LogP contribution in [0, 0.1) is 0 Å². The first kappa shape index (κ1) is 18.3. The smallest absolute Gasteiger partial charge is 0.329 e. The number of carbonyl (C=O) groups excluding carboxylic acids is 1. The van der Waals surface area contributed by atoms with E-state index in [1.165, 1.54) is 0 Å². The van der Waals surface area contributed by atoms with Crippen molar-refractivity contribution in [2.24, 2.45) is 0 Å². The van der Waals surface area contributed by atoms with Gasteiger partial charge in [-0.05, 0) is 38.4 Å². The van der Waals surface area contributed by atoms with Crippen LogP contribution >= 0.6 is 0 Å². The topological polar surface area (TPSA) is 62.6 Å². The summed E-state index contributed by atoms with van der Waals surface area (Å²) in [6, 6.07) is 17.6. The molecule has 0 radical (unpaired) electrons. The molecule has 28 heavy (non-hydrogen) atoms. The summed E-state index contributed by atoms with van der Waals surface area (Å²) in [5, 5.41) is 2.95. The number of hydrogen-bond donors (Lipinski definition) is 1. The summed E-state index contributed by atoms with van der Waals surface area (Å²) in [5.41, 5.74) is 1.63. The minimum atomic E-state index is -0.186. The molecule has 146 valence electrons. The number of fused-ring (bicyclic) bond motifs is 1. The second-order valence-corrected chi connectivity index (χ2v) is 7.15. The molecule has 1 aliphatic heterocycles. The van der Waals surface area contributed by atoms with Gasteiger partial charge in [-0.15, -0.1) is 0 Å². The minimum Gasteiger partial charge on any atom is -0.492 e. The van der Waals surface area contributed by atoms with Gasteiger partial charge >= 0.3 is 6.03 Å². The van der Waals surface area contributed by atoms with Crippen LogP contribution in [0.15, 0.2) is 54.6 Å². The Morgan fingerprint density at radius 3 is 2.61 bits per heavy atom. The minimum absolute atomic E-state index is 0.186. The first-order valence-corrected chi connectivity index (χ1v) is 9.48. The maximum Gasteiger partial charge on any atom is 0.329 e. The first-order chi connectivity index (χ1) is 13.6. The maximum absolute atomic E-state index is 12.9. The van der Waals surface area contributed by atoms with Gasteiger partial charge in [0.05, 0.1) is 17.6 Å². The number of carbonyl (C=O) groups is 1. The van der Waals surface area contributed by atoms with Crippen LogP contribution in [0.2, 0.25) is 0 Å². The van der Waals surface area contributed by atoms with Crippen molar-refractivity contribution >= 4 is 23.0 Å². The summed E-state index contributed by atoms with van der Waals surface area (Å²) in [6.45, 7) is 2.55. The SMILES string of the molecule is CN(C)C1CN(c2nc3ccccc3n2C(=O)NCCOc2ccccc2)C1. The van der Waals surface area contributed by atoms with E-state index in [0.29, 0.717) is 25.1 Å². The third kappa shape index (κ3) is 3.66. The van der Waals surface area contributed by atoms with Crippen molar-refractivity contribution in [2.45, 2.75) is 6.04 Å². The lowest BCUT2D eigenvalue weighted by Gasteiger charge is -2.43. The lowest BCUT2D eigenvalue weighted by Crippen LogP contribution is -2.58. The van der Waals surface area contributed by atoms with Crippen molar-refractivity contribution < 1.29 is 9.53 Å². The predicted molar refractivity (Wildman–Crippen MR) is 110 cm³/mol. The van der Waals surface area contributed by atoms with E-state index in [2.05, 4.69) is 29.2 Å². The van der Waals surface area contributed by atoms with E-state index >= 15 is 0 Å². The average Bonchev–Trinajstić information content (AvgIpc) is 3.03. The van der Waals surface area contributed by atoms with E-state index in [4.69, 9.17) is 9.72 Å². The number of hydrogen-bond acceptors (Lipinski definition) is 5. The normalized spacial score (nSPS) is 14.3. The summed E-state index contributed by atoms with van der Waals surface area (Å²) in [5.74, 6) is 1.49. The third-order valence-electron chi connectivity index (χ3n) is 5.01. The number of amides is 1. The molecule has 1 aromatic heterocycles. The van der Waals surface area contributed by atoms with Gasteiger partial charge in [0.15, 0.2) is 0 Å². The molecule has 2 heterocycles. The standard InChI is InChI=1S/C21H25N5O2/c1-24(2)16-14-25(15-16)20-23-18-10-6-7-11-19(18)26(20)21(27)22-12-13-28-17-8-4-3-5-9-17/h3-11,16H,12-15H2,1-2H3,(H,22,27). The Bertz CT molecular complexity index is 948. The third-order valence-corrected chi connectivity index (χ3v) is 5.01. The zero-order valence-corrected chi connectivity index (χ0v) is 16.2. The number of anilines is 1. The average molecular weight is 379 g/mol. The van der Waals surface area contributed by atoms with Crippen LogP contribution in [0.1, 0.15) is 0 Å². The predicted octanol–water partition coefficient (Wildman–Crippen LogP) is 2.42. The van der Waals surface area contributed by atoms with Crippen LogP contribution in [0.3, 0.4) is 0 Å². The molecule has 3 aromatic rings. The fourth-order valence-electron chi connectivity index (χ4n) is 3.29. The lowest BCUT2D eigenvalue weighted by molar-refractivity contribution is 0.234.